The number of halogens is 1. The zero-order valence-corrected chi connectivity index (χ0v) is 9.80. The van der Waals surface area contributed by atoms with Gasteiger partial charge < -0.3 is 10.1 Å². The van der Waals surface area contributed by atoms with Crippen molar-refractivity contribution in [2.75, 3.05) is 11.9 Å². The molecule has 6 heteroatoms. The Labute approximate surface area is 104 Å². The molecule has 0 bridgehead atoms. The van der Waals surface area contributed by atoms with E-state index in [2.05, 4.69) is 5.32 Å². The van der Waals surface area contributed by atoms with Gasteiger partial charge in [0.25, 0.3) is 11.7 Å². The molecule has 0 saturated carbocycles. The Balaban J connectivity index is 0.00000144. The van der Waals surface area contributed by atoms with Crippen LogP contribution in [0.4, 0.5) is 5.69 Å². The van der Waals surface area contributed by atoms with E-state index in [1.807, 2.05) is 0 Å². The second-order valence-corrected chi connectivity index (χ2v) is 3.26. The highest BCUT2D eigenvalue weighted by Gasteiger charge is 2.28. The highest BCUT2D eigenvalue weighted by atomic mass is 35.5. The van der Waals surface area contributed by atoms with Crippen molar-refractivity contribution in [1.29, 1.82) is 0 Å². The fraction of sp³-hybridized carbons (Fsp3) is 0.182. The lowest BCUT2D eigenvalue weighted by molar-refractivity contribution is -0.112. The van der Waals surface area contributed by atoms with Crippen molar-refractivity contribution < 1.29 is 19.1 Å². The van der Waals surface area contributed by atoms with Crippen molar-refractivity contribution in [3.8, 4) is 0 Å². The minimum absolute atomic E-state index is 0. The number of fused-ring (bicyclic) bond motifs is 1. The lowest BCUT2D eigenvalue weighted by Gasteiger charge is -2.02. The first kappa shape index (κ1) is 13.2. The Morgan fingerprint density at radius 2 is 2.06 bits per heavy atom. The average molecular weight is 256 g/mol. The zero-order valence-electron chi connectivity index (χ0n) is 8.98. The first-order valence-corrected chi connectivity index (χ1v) is 4.80. The Morgan fingerprint density at radius 3 is 2.71 bits per heavy atom. The van der Waals surface area contributed by atoms with Crippen LogP contribution in [0.25, 0.3) is 0 Å². The maximum atomic E-state index is 11.4. The van der Waals surface area contributed by atoms with Crippen LogP contribution in [0.3, 0.4) is 0 Å². The predicted octanol–water partition coefficient (Wildman–Crippen LogP) is 1.42. The van der Waals surface area contributed by atoms with E-state index in [0.29, 0.717) is 5.69 Å². The van der Waals surface area contributed by atoms with Gasteiger partial charge in [-0.3, -0.25) is 9.59 Å². The summed E-state index contributed by atoms with van der Waals surface area (Å²) in [5, 5.41) is 2.40. The molecule has 0 aromatic heterocycles. The molecular formula is C11H10ClNO4. The highest BCUT2D eigenvalue weighted by Crippen LogP contribution is 2.24. The maximum Gasteiger partial charge on any atom is 0.338 e. The van der Waals surface area contributed by atoms with Crippen molar-refractivity contribution in [3.63, 3.8) is 0 Å². The number of nitrogens with one attached hydrogen (secondary N) is 1. The molecule has 0 unspecified atom stereocenters. The highest BCUT2D eigenvalue weighted by molar-refractivity contribution is 6.51. The molecule has 0 spiro atoms. The third-order valence-corrected chi connectivity index (χ3v) is 2.23. The minimum atomic E-state index is -0.670. The number of carbonyl (C=O) groups is 3. The fourth-order valence-corrected chi connectivity index (χ4v) is 1.48. The van der Waals surface area contributed by atoms with Crippen molar-refractivity contribution in [3.05, 3.63) is 29.3 Å². The number of amides is 1. The van der Waals surface area contributed by atoms with Crippen molar-refractivity contribution in [2.45, 2.75) is 6.92 Å². The monoisotopic (exact) mass is 255 g/mol. The number of ether oxygens (including phenoxy) is 1. The second kappa shape index (κ2) is 4.97. The summed E-state index contributed by atoms with van der Waals surface area (Å²) in [4.78, 5) is 33.8. The smallest absolute Gasteiger partial charge is 0.338 e. The van der Waals surface area contributed by atoms with Gasteiger partial charge in [-0.05, 0) is 25.1 Å². The van der Waals surface area contributed by atoms with E-state index in [0.717, 1.165) is 0 Å². The van der Waals surface area contributed by atoms with Crippen LogP contribution in [0.15, 0.2) is 18.2 Å². The number of benzene rings is 1. The van der Waals surface area contributed by atoms with Crippen LogP contribution in [0.1, 0.15) is 27.6 Å². The van der Waals surface area contributed by atoms with Gasteiger partial charge in [0.05, 0.1) is 23.4 Å². The molecule has 90 valence electrons. The van der Waals surface area contributed by atoms with Gasteiger partial charge in [0, 0.05) is 0 Å². The average Bonchev–Trinajstić information content (AvgIpc) is 2.55. The summed E-state index contributed by atoms with van der Waals surface area (Å²) in [5.74, 6) is -1.80. The van der Waals surface area contributed by atoms with Gasteiger partial charge in [-0.1, -0.05) is 0 Å². The molecule has 1 aliphatic heterocycles. The molecule has 1 aliphatic rings. The number of hydrogen-bond donors (Lipinski definition) is 1. The predicted molar refractivity (Wildman–Crippen MR) is 62.6 cm³/mol. The van der Waals surface area contributed by atoms with Crippen molar-refractivity contribution in [1.82, 2.24) is 0 Å². The lowest BCUT2D eigenvalue weighted by atomic mass is 10.1. The molecule has 1 aromatic rings. The summed E-state index contributed by atoms with van der Waals surface area (Å²) in [5.41, 5.74) is 0.920. The number of ketones is 1. The minimum Gasteiger partial charge on any atom is -0.462 e. The Hall–Kier alpha value is -1.88. The zero-order chi connectivity index (χ0) is 11.7. The number of esters is 1. The van der Waals surface area contributed by atoms with Gasteiger partial charge in [-0.25, -0.2) is 4.79 Å². The molecule has 0 aliphatic carbocycles. The Bertz CT molecular complexity index is 498. The van der Waals surface area contributed by atoms with Crippen LogP contribution >= 0.6 is 12.4 Å². The van der Waals surface area contributed by atoms with Gasteiger partial charge in [-0.15, -0.1) is 12.4 Å². The van der Waals surface area contributed by atoms with E-state index in [-0.39, 0.29) is 30.1 Å². The van der Waals surface area contributed by atoms with Gasteiger partial charge in [-0.2, -0.15) is 0 Å². The normalized spacial score (nSPS) is 12.5. The molecule has 2 rings (SSSR count). The lowest BCUT2D eigenvalue weighted by Crippen LogP contribution is -2.12. The van der Waals surface area contributed by atoms with Crippen LogP contribution in [0.5, 0.6) is 0 Å². The summed E-state index contributed by atoms with van der Waals surface area (Å²) in [6.07, 6.45) is 0. The van der Waals surface area contributed by atoms with Gasteiger partial charge in [0.15, 0.2) is 0 Å². The third kappa shape index (κ3) is 2.29. The van der Waals surface area contributed by atoms with Crippen LogP contribution in [-0.2, 0) is 9.53 Å². The standard InChI is InChI=1S/C11H9NO4.ClH/c1-2-16-11(15)6-3-4-8-7(5-6)9(13)10(14)12-8;/h3-5H,2H2,1H3,(H,12,13,14);1H. The first-order chi connectivity index (χ1) is 7.63. The molecule has 0 saturated heterocycles. The summed E-state index contributed by atoms with van der Waals surface area (Å²) in [7, 11) is 0. The Morgan fingerprint density at radius 1 is 1.35 bits per heavy atom. The SMILES string of the molecule is CCOC(=O)c1ccc2c(c1)C(=O)C(=O)N2.Cl. The van der Waals surface area contributed by atoms with Gasteiger partial charge >= 0.3 is 5.97 Å². The molecule has 1 amide bonds. The summed E-state index contributed by atoms with van der Waals surface area (Å²) < 4.78 is 4.79. The van der Waals surface area contributed by atoms with Crippen LogP contribution in [0.2, 0.25) is 0 Å². The van der Waals surface area contributed by atoms with E-state index >= 15 is 0 Å². The molecule has 1 heterocycles. The number of anilines is 1. The molecule has 0 fully saturated rings. The molecular weight excluding hydrogens is 246 g/mol. The van der Waals surface area contributed by atoms with E-state index in [9.17, 15) is 14.4 Å². The van der Waals surface area contributed by atoms with Crippen molar-refractivity contribution >= 4 is 35.8 Å². The number of carbonyl (C=O) groups excluding carboxylic acids is 3. The first-order valence-electron chi connectivity index (χ1n) is 4.80. The van der Waals surface area contributed by atoms with Crippen LogP contribution in [-0.4, -0.2) is 24.3 Å². The fourth-order valence-electron chi connectivity index (χ4n) is 1.48. The van der Waals surface area contributed by atoms with E-state index in [1.165, 1.54) is 18.2 Å². The number of rotatable bonds is 2. The van der Waals surface area contributed by atoms with E-state index in [1.54, 1.807) is 6.92 Å². The maximum absolute atomic E-state index is 11.4. The summed E-state index contributed by atoms with van der Waals surface area (Å²) >= 11 is 0. The molecule has 0 atom stereocenters. The van der Waals surface area contributed by atoms with E-state index < -0.39 is 17.7 Å². The van der Waals surface area contributed by atoms with E-state index in [4.69, 9.17) is 4.74 Å². The topological polar surface area (TPSA) is 72.5 Å². The second-order valence-electron chi connectivity index (χ2n) is 3.26. The van der Waals surface area contributed by atoms with Crippen LogP contribution in [0, 0.1) is 0 Å². The molecule has 1 N–H and O–H groups in total. The number of Topliss-reactive ketones (excluding diaryl/α,β-unsaturated/α-hetero) is 1. The Kier molecular flexibility index (Phi) is 3.85. The molecule has 17 heavy (non-hydrogen) atoms. The van der Waals surface area contributed by atoms with Crippen LogP contribution < -0.4 is 5.32 Å². The molecule has 1 aromatic carbocycles. The molecule has 5 nitrogen and oxygen atoms in total. The van der Waals surface area contributed by atoms with Gasteiger partial charge in [0.2, 0.25) is 0 Å². The van der Waals surface area contributed by atoms with Crippen molar-refractivity contribution in [2.24, 2.45) is 0 Å². The quantitative estimate of drug-likeness (QED) is 0.641. The summed E-state index contributed by atoms with van der Waals surface area (Å²) in [6, 6.07) is 4.40. The molecule has 0 radical (unpaired) electrons. The number of hydrogen-bond acceptors (Lipinski definition) is 4. The largest absolute Gasteiger partial charge is 0.462 e. The van der Waals surface area contributed by atoms with Gasteiger partial charge in [0.1, 0.15) is 0 Å². The third-order valence-electron chi connectivity index (χ3n) is 2.23. The summed E-state index contributed by atoms with van der Waals surface area (Å²) in [6.45, 7) is 1.96.